The Bertz CT molecular complexity index is 1050. The molecule has 0 aliphatic rings. The minimum absolute atomic E-state index is 0.225. The van der Waals surface area contributed by atoms with Crippen LogP contribution in [0.3, 0.4) is 0 Å². The van der Waals surface area contributed by atoms with Crippen LogP contribution in [-0.4, -0.2) is 26.7 Å². The van der Waals surface area contributed by atoms with E-state index in [4.69, 9.17) is 30.5 Å². The van der Waals surface area contributed by atoms with Crippen molar-refractivity contribution in [2.75, 3.05) is 26.1 Å². The van der Waals surface area contributed by atoms with Gasteiger partial charge in [0.05, 0.1) is 26.5 Å². The molecule has 0 bridgehead atoms. The average molecular weight is 442 g/mol. The van der Waals surface area contributed by atoms with Crippen molar-refractivity contribution in [2.24, 2.45) is 0 Å². The van der Waals surface area contributed by atoms with E-state index in [0.717, 1.165) is 5.56 Å². The Hall–Kier alpha value is -3.38. The van der Waals surface area contributed by atoms with Gasteiger partial charge in [-0.1, -0.05) is 17.7 Å². The molecule has 0 unspecified atom stereocenters. The van der Waals surface area contributed by atoms with Crippen molar-refractivity contribution in [3.63, 3.8) is 0 Å². The molecule has 0 heterocycles. The molecular formula is C24H24ClNO5. The maximum Gasteiger partial charge on any atom is 0.255 e. The normalized spacial score (nSPS) is 10.3. The second-order valence-electron chi connectivity index (χ2n) is 6.52. The highest BCUT2D eigenvalue weighted by Crippen LogP contribution is 2.30. The fourth-order valence-corrected chi connectivity index (χ4v) is 3.12. The van der Waals surface area contributed by atoms with E-state index in [2.05, 4.69) is 5.32 Å². The van der Waals surface area contributed by atoms with Gasteiger partial charge in [0.1, 0.15) is 29.6 Å². The van der Waals surface area contributed by atoms with Gasteiger partial charge < -0.3 is 24.3 Å². The first-order valence-corrected chi connectivity index (χ1v) is 10.1. The number of benzene rings is 3. The summed E-state index contributed by atoms with van der Waals surface area (Å²) < 4.78 is 22.1. The van der Waals surface area contributed by atoms with Crippen LogP contribution < -0.4 is 24.3 Å². The summed E-state index contributed by atoms with van der Waals surface area (Å²) in [4.78, 5) is 12.9. The van der Waals surface area contributed by atoms with E-state index in [1.165, 1.54) is 7.11 Å². The smallest absolute Gasteiger partial charge is 0.255 e. The predicted octanol–water partition coefficient (Wildman–Crippen LogP) is 5.59. The van der Waals surface area contributed by atoms with Crippen LogP contribution in [0.2, 0.25) is 5.02 Å². The first-order chi connectivity index (χ1) is 15.0. The molecule has 0 fully saturated rings. The van der Waals surface area contributed by atoms with Crippen LogP contribution in [0.4, 0.5) is 5.69 Å². The lowest BCUT2D eigenvalue weighted by atomic mass is 10.1. The van der Waals surface area contributed by atoms with Crippen LogP contribution >= 0.6 is 11.6 Å². The van der Waals surface area contributed by atoms with Gasteiger partial charge in [-0.25, -0.2) is 0 Å². The Labute approximate surface area is 186 Å². The summed E-state index contributed by atoms with van der Waals surface area (Å²) >= 11 is 6.02. The SMILES string of the molecule is CCOc1ccc(C(=O)Nc2ccc(OC)cc2OC)cc1COc1cccc(Cl)c1. The number of methoxy groups -OCH3 is 2. The van der Waals surface area contributed by atoms with Crippen molar-refractivity contribution >= 4 is 23.2 Å². The Morgan fingerprint density at radius 3 is 2.45 bits per heavy atom. The molecule has 1 amide bonds. The van der Waals surface area contributed by atoms with Crippen LogP contribution in [0.5, 0.6) is 23.0 Å². The highest BCUT2D eigenvalue weighted by atomic mass is 35.5. The van der Waals surface area contributed by atoms with E-state index in [9.17, 15) is 4.79 Å². The molecule has 3 aromatic carbocycles. The number of hydrogen-bond donors (Lipinski definition) is 1. The van der Waals surface area contributed by atoms with Crippen LogP contribution in [0.15, 0.2) is 60.7 Å². The number of nitrogens with one attached hydrogen (secondary N) is 1. The molecule has 1 N–H and O–H groups in total. The number of carbonyl (C=O) groups excluding carboxylic acids is 1. The Kier molecular flexibility index (Phi) is 7.62. The first kappa shape index (κ1) is 22.3. The van der Waals surface area contributed by atoms with Gasteiger partial charge in [0.25, 0.3) is 5.91 Å². The number of halogens is 1. The second-order valence-corrected chi connectivity index (χ2v) is 6.96. The molecular weight excluding hydrogens is 418 g/mol. The number of ether oxygens (including phenoxy) is 4. The summed E-state index contributed by atoms with van der Waals surface area (Å²) in [5.74, 6) is 2.14. The van der Waals surface area contributed by atoms with Gasteiger partial charge >= 0.3 is 0 Å². The van der Waals surface area contributed by atoms with Crippen molar-refractivity contribution in [3.8, 4) is 23.0 Å². The number of hydrogen-bond acceptors (Lipinski definition) is 5. The number of carbonyl (C=O) groups is 1. The third-order valence-electron chi connectivity index (χ3n) is 4.47. The fraction of sp³-hybridized carbons (Fsp3) is 0.208. The number of amides is 1. The van der Waals surface area contributed by atoms with Crippen molar-refractivity contribution in [1.82, 2.24) is 0 Å². The van der Waals surface area contributed by atoms with Crippen LogP contribution in [0.25, 0.3) is 0 Å². The molecule has 0 spiro atoms. The average Bonchev–Trinajstić information content (AvgIpc) is 2.78. The molecule has 0 atom stereocenters. The van der Waals surface area contributed by atoms with E-state index < -0.39 is 0 Å². The van der Waals surface area contributed by atoms with Gasteiger partial charge in [-0.15, -0.1) is 0 Å². The lowest BCUT2D eigenvalue weighted by Crippen LogP contribution is -2.14. The zero-order valence-electron chi connectivity index (χ0n) is 17.6. The monoisotopic (exact) mass is 441 g/mol. The van der Waals surface area contributed by atoms with Gasteiger partial charge in [0, 0.05) is 22.2 Å². The van der Waals surface area contributed by atoms with Gasteiger partial charge in [0.2, 0.25) is 0 Å². The largest absolute Gasteiger partial charge is 0.497 e. The minimum atomic E-state index is -0.282. The topological polar surface area (TPSA) is 66.0 Å². The van der Waals surface area contributed by atoms with Gasteiger partial charge in [-0.05, 0) is 55.5 Å². The lowest BCUT2D eigenvalue weighted by Gasteiger charge is -2.15. The van der Waals surface area contributed by atoms with E-state index >= 15 is 0 Å². The molecule has 162 valence electrons. The van der Waals surface area contributed by atoms with Crippen LogP contribution in [0, 0.1) is 0 Å². The fourth-order valence-electron chi connectivity index (χ4n) is 2.94. The van der Waals surface area contributed by atoms with Crippen molar-refractivity contribution in [3.05, 3.63) is 76.8 Å². The maximum atomic E-state index is 12.9. The quantitative estimate of drug-likeness (QED) is 0.469. The van der Waals surface area contributed by atoms with Gasteiger partial charge in [0.15, 0.2) is 0 Å². The number of anilines is 1. The lowest BCUT2D eigenvalue weighted by molar-refractivity contribution is 0.102. The standard InChI is InChI=1S/C24H24ClNO5/c1-4-30-22-11-8-16(12-17(22)15-31-20-7-5-6-18(25)13-20)24(27)26-21-10-9-19(28-2)14-23(21)29-3/h5-14H,4,15H2,1-3H3,(H,26,27). The summed E-state index contributed by atoms with van der Waals surface area (Å²) in [6.07, 6.45) is 0. The summed E-state index contributed by atoms with van der Waals surface area (Å²) in [6.45, 7) is 2.62. The van der Waals surface area contributed by atoms with E-state index in [0.29, 0.717) is 45.9 Å². The van der Waals surface area contributed by atoms with E-state index in [1.54, 1.807) is 55.6 Å². The third-order valence-corrected chi connectivity index (χ3v) is 4.70. The molecule has 6 nitrogen and oxygen atoms in total. The van der Waals surface area contributed by atoms with E-state index in [-0.39, 0.29) is 12.5 Å². The molecule has 0 aliphatic heterocycles. The summed E-state index contributed by atoms with van der Waals surface area (Å²) in [6, 6.07) is 17.5. The van der Waals surface area contributed by atoms with Crippen LogP contribution in [0.1, 0.15) is 22.8 Å². The molecule has 0 saturated heterocycles. The van der Waals surface area contributed by atoms with Crippen molar-refractivity contribution in [2.45, 2.75) is 13.5 Å². The molecule has 0 saturated carbocycles. The van der Waals surface area contributed by atoms with Gasteiger partial charge in [-0.3, -0.25) is 4.79 Å². The molecule has 7 heteroatoms. The second kappa shape index (κ2) is 10.6. The van der Waals surface area contributed by atoms with Crippen molar-refractivity contribution in [1.29, 1.82) is 0 Å². The number of rotatable bonds is 9. The predicted molar refractivity (Wildman–Crippen MR) is 121 cm³/mol. The Morgan fingerprint density at radius 1 is 0.903 bits per heavy atom. The Morgan fingerprint density at radius 2 is 1.74 bits per heavy atom. The molecule has 3 rings (SSSR count). The highest BCUT2D eigenvalue weighted by Gasteiger charge is 2.14. The van der Waals surface area contributed by atoms with Crippen LogP contribution in [-0.2, 0) is 6.61 Å². The summed E-state index contributed by atoms with van der Waals surface area (Å²) in [7, 11) is 3.10. The maximum absolute atomic E-state index is 12.9. The van der Waals surface area contributed by atoms with Gasteiger partial charge in [-0.2, -0.15) is 0 Å². The van der Waals surface area contributed by atoms with Crippen molar-refractivity contribution < 1.29 is 23.7 Å². The molecule has 0 aliphatic carbocycles. The zero-order chi connectivity index (χ0) is 22.2. The minimum Gasteiger partial charge on any atom is -0.497 e. The summed E-state index contributed by atoms with van der Waals surface area (Å²) in [5.41, 5.74) is 1.75. The molecule has 0 aromatic heterocycles. The summed E-state index contributed by atoms with van der Waals surface area (Å²) in [5, 5.41) is 3.46. The molecule has 3 aromatic rings. The zero-order valence-corrected chi connectivity index (χ0v) is 18.4. The highest BCUT2D eigenvalue weighted by molar-refractivity contribution is 6.30. The molecule has 31 heavy (non-hydrogen) atoms. The molecule has 0 radical (unpaired) electrons. The first-order valence-electron chi connectivity index (χ1n) is 9.71. The third kappa shape index (κ3) is 5.83. The Balaban J connectivity index is 1.81. The van der Waals surface area contributed by atoms with E-state index in [1.807, 2.05) is 19.1 Å².